The van der Waals surface area contributed by atoms with Gasteiger partial charge in [0.15, 0.2) is 5.78 Å². The lowest BCUT2D eigenvalue weighted by atomic mass is 10.0. The van der Waals surface area contributed by atoms with Gasteiger partial charge in [0.25, 0.3) is 0 Å². The Balaban J connectivity index is 2.06. The quantitative estimate of drug-likeness (QED) is 0.564. The molecule has 0 heterocycles. The number of aryl methyl sites for hydroxylation is 2. The van der Waals surface area contributed by atoms with Gasteiger partial charge in [-0.15, -0.1) is 11.6 Å². The molecule has 1 aromatic carbocycles. The van der Waals surface area contributed by atoms with Crippen LogP contribution >= 0.6 is 11.6 Å². The molecule has 2 rings (SSSR count). The molecule has 0 fully saturated rings. The van der Waals surface area contributed by atoms with Gasteiger partial charge in [-0.05, 0) is 36.8 Å². The Morgan fingerprint density at radius 1 is 1.20 bits per heavy atom. The third-order valence-electron chi connectivity index (χ3n) is 2.94. The molecule has 0 atom stereocenters. The van der Waals surface area contributed by atoms with Crippen molar-refractivity contribution in [1.82, 2.24) is 0 Å². The number of fused-ring (bicyclic) bond motifs is 1. The van der Waals surface area contributed by atoms with E-state index in [4.69, 9.17) is 11.6 Å². The summed E-state index contributed by atoms with van der Waals surface area (Å²) in [6, 6.07) is 6.26. The topological polar surface area (TPSA) is 17.1 Å². The maximum Gasteiger partial charge on any atom is 0.163 e. The molecule has 0 N–H and O–H groups in total. The number of alkyl halides is 1. The number of hydrogen-bond donors (Lipinski definition) is 0. The lowest BCUT2D eigenvalue weighted by Crippen LogP contribution is -1.93. The molecule has 1 aliphatic rings. The van der Waals surface area contributed by atoms with Crippen molar-refractivity contribution in [3.8, 4) is 0 Å². The van der Waals surface area contributed by atoms with Gasteiger partial charge in [-0.25, -0.2) is 0 Å². The fourth-order valence-electron chi connectivity index (χ4n) is 2.09. The van der Waals surface area contributed by atoms with E-state index in [1.165, 1.54) is 11.1 Å². The lowest BCUT2D eigenvalue weighted by Gasteiger charge is -2.03. The van der Waals surface area contributed by atoms with Crippen LogP contribution in [0, 0.1) is 0 Å². The van der Waals surface area contributed by atoms with Gasteiger partial charge in [0.2, 0.25) is 0 Å². The van der Waals surface area contributed by atoms with Crippen LogP contribution in [-0.4, -0.2) is 11.7 Å². The molecular formula is C13H15ClO. The van der Waals surface area contributed by atoms with Crippen molar-refractivity contribution in [3.05, 3.63) is 34.9 Å². The normalized spacial score (nSPS) is 14.3. The highest BCUT2D eigenvalue weighted by Crippen LogP contribution is 2.23. The van der Waals surface area contributed by atoms with Crippen molar-refractivity contribution in [2.45, 2.75) is 32.1 Å². The molecule has 0 spiro atoms. The fraction of sp³-hybridized carbons (Fsp3) is 0.462. The first kappa shape index (κ1) is 10.7. The van der Waals surface area contributed by atoms with Gasteiger partial charge < -0.3 is 0 Å². The van der Waals surface area contributed by atoms with Crippen LogP contribution in [-0.2, 0) is 12.8 Å². The molecule has 1 aromatic rings. The van der Waals surface area contributed by atoms with Gasteiger partial charge >= 0.3 is 0 Å². The molecule has 0 amide bonds. The number of Topliss-reactive ketones (excluding diaryl/α,β-unsaturated/α-hetero) is 1. The highest BCUT2D eigenvalue weighted by molar-refractivity contribution is 6.17. The van der Waals surface area contributed by atoms with E-state index >= 15 is 0 Å². The number of rotatable bonds is 4. The first-order valence-corrected chi connectivity index (χ1v) is 6.05. The van der Waals surface area contributed by atoms with Crippen LogP contribution in [0.3, 0.4) is 0 Å². The lowest BCUT2D eigenvalue weighted by molar-refractivity contribution is 0.0994. The molecule has 0 saturated carbocycles. The summed E-state index contributed by atoms with van der Waals surface area (Å²) in [5.74, 6) is 1.04. The molecule has 0 radical (unpaired) electrons. The minimum absolute atomic E-state index is 0.303. The van der Waals surface area contributed by atoms with Gasteiger partial charge in [0.05, 0.1) is 0 Å². The number of halogens is 1. The zero-order valence-electron chi connectivity index (χ0n) is 8.76. The SMILES string of the molecule is O=C1CCc2cc(CCCCCl)ccc21. The molecule has 0 aromatic heterocycles. The van der Waals surface area contributed by atoms with E-state index < -0.39 is 0 Å². The summed E-state index contributed by atoms with van der Waals surface area (Å²) in [5.41, 5.74) is 3.52. The molecule has 0 bridgehead atoms. The van der Waals surface area contributed by atoms with E-state index in [0.29, 0.717) is 12.2 Å². The molecule has 0 unspecified atom stereocenters. The number of unbranched alkanes of at least 4 members (excludes halogenated alkanes) is 1. The average molecular weight is 223 g/mol. The summed E-state index contributed by atoms with van der Waals surface area (Å²) in [7, 11) is 0. The van der Waals surface area contributed by atoms with E-state index in [9.17, 15) is 4.79 Å². The zero-order valence-corrected chi connectivity index (χ0v) is 9.52. The molecule has 0 saturated heterocycles. The average Bonchev–Trinajstić information content (AvgIpc) is 2.61. The van der Waals surface area contributed by atoms with Crippen LogP contribution in [0.4, 0.5) is 0 Å². The fourth-order valence-corrected chi connectivity index (χ4v) is 2.28. The van der Waals surface area contributed by atoms with Crippen LogP contribution in [0.25, 0.3) is 0 Å². The number of hydrogen-bond acceptors (Lipinski definition) is 1. The zero-order chi connectivity index (χ0) is 10.7. The van der Waals surface area contributed by atoms with Crippen LogP contribution in [0.1, 0.15) is 40.7 Å². The van der Waals surface area contributed by atoms with Crippen molar-refractivity contribution in [2.24, 2.45) is 0 Å². The summed E-state index contributed by atoms with van der Waals surface area (Å²) < 4.78 is 0. The van der Waals surface area contributed by atoms with E-state index in [1.807, 2.05) is 6.07 Å². The van der Waals surface area contributed by atoms with Gasteiger partial charge in [-0.2, -0.15) is 0 Å². The number of benzene rings is 1. The molecule has 15 heavy (non-hydrogen) atoms. The first-order valence-electron chi connectivity index (χ1n) is 5.52. The summed E-state index contributed by atoms with van der Waals surface area (Å²) >= 11 is 5.64. The summed E-state index contributed by atoms with van der Waals surface area (Å²) in [6.07, 6.45) is 4.90. The molecule has 1 nitrogen and oxygen atoms in total. The van der Waals surface area contributed by atoms with Crippen molar-refractivity contribution < 1.29 is 4.79 Å². The van der Waals surface area contributed by atoms with Crippen molar-refractivity contribution >= 4 is 17.4 Å². The molecular weight excluding hydrogens is 208 g/mol. The Morgan fingerprint density at radius 2 is 2.07 bits per heavy atom. The second-order valence-electron chi connectivity index (χ2n) is 4.06. The van der Waals surface area contributed by atoms with Crippen molar-refractivity contribution in [1.29, 1.82) is 0 Å². The Hall–Kier alpha value is -0.820. The second kappa shape index (κ2) is 4.80. The summed E-state index contributed by atoms with van der Waals surface area (Å²) in [5, 5.41) is 0. The van der Waals surface area contributed by atoms with Gasteiger partial charge in [0.1, 0.15) is 0 Å². The van der Waals surface area contributed by atoms with E-state index in [1.54, 1.807) is 0 Å². The molecule has 0 aliphatic heterocycles. The molecule has 2 heteroatoms. The van der Waals surface area contributed by atoms with Crippen LogP contribution < -0.4 is 0 Å². The van der Waals surface area contributed by atoms with Crippen molar-refractivity contribution in [2.75, 3.05) is 5.88 Å². The number of ketones is 1. The predicted octanol–water partition coefficient (Wildman–Crippen LogP) is 3.38. The minimum atomic E-state index is 0.303. The highest BCUT2D eigenvalue weighted by Gasteiger charge is 2.18. The Labute approximate surface area is 95.4 Å². The van der Waals surface area contributed by atoms with Crippen LogP contribution in [0.15, 0.2) is 18.2 Å². The summed E-state index contributed by atoms with van der Waals surface area (Å²) in [4.78, 5) is 11.4. The number of carbonyl (C=O) groups excluding carboxylic acids is 1. The largest absolute Gasteiger partial charge is 0.294 e. The highest BCUT2D eigenvalue weighted by atomic mass is 35.5. The Bertz CT molecular complexity index is 371. The smallest absolute Gasteiger partial charge is 0.163 e. The standard InChI is InChI=1S/C13H15ClO/c14-8-2-1-3-10-4-6-12-11(9-10)5-7-13(12)15/h4,6,9H,1-3,5,7-8H2. The van der Waals surface area contributed by atoms with Gasteiger partial charge in [0, 0.05) is 17.9 Å². The Morgan fingerprint density at radius 3 is 2.87 bits per heavy atom. The van der Waals surface area contributed by atoms with Gasteiger partial charge in [-0.1, -0.05) is 18.2 Å². The maximum atomic E-state index is 11.4. The first-order chi connectivity index (χ1) is 7.31. The van der Waals surface area contributed by atoms with E-state index in [-0.39, 0.29) is 0 Å². The second-order valence-corrected chi connectivity index (χ2v) is 4.44. The monoisotopic (exact) mass is 222 g/mol. The van der Waals surface area contributed by atoms with Crippen LogP contribution in [0.5, 0.6) is 0 Å². The third kappa shape index (κ3) is 2.40. The van der Waals surface area contributed by atoms with Gasteiger partial charge in [-0.3, -0.25) is 4.79 Å². The predicted molar refractivity (Wildman–Crippen MR) is 62.8 cm³/mol. The third-order valence-corrected chi connectivity index (χ3v) is 3.21. The molecule has 80 valence electrons. The summed E-state index contributed by atoms with van der Waals surface area (Å²) in [6.45, 7) is 0. The van der Waals surface area contributed by atoms with Crippen LogP contribution in [0.2, 0.25) is 0 Å². The van der Waals surface area contributed by atoms with E-state index in [2.05, 4.69) is 12.1 Å². The number of carbonyl (C=O) groups is 1. The Kier molecular flexibility index (Phi) is 3.42. The van der Waals surface area contributed by atoms with Crippen molar-refractivity contribution in [3.63, 3.8) is 0 Å². The molecule has 1 aliphatic carbocycles. The maximum absolute atomic E-state index is 11.4. The minimum Gasteiger partial charge on any atom is -0.294 e. The van der Waals surface area contributed by atoms with E-state index in [0.717, 1.165) is 37.1 Å².